The van der Waals surface area contributed by atoms with Crippen LogP contribution in [0.2, 0.25) is 0 Å². The second kappa shape index (κ2) is 7.40. The maximum atomic E-state index is 3.71. The van der Waals surface area contributed by atoms with E-state index in [0.29, 0.717) is 0 Å². The molecule has 0 heterocycles. The number of benzene rings is 2. The van der Waals surface area contributed by atoms with Crippen molar-refractivity contribution in [1.82, 2.24) is 9.99 Å². The van der Waals surface area contributed by atoms with E-state index in [1.54, 1.807) is 0 Å². The highest BCUT2D eigenvalue weighted by Gasteiger charge is 2.12. The summed E-state index contributed by atoms with van der Waals surface area (Å²) < 4.78 is 0. The molecule has 0 unspecified atom stereocenters. The predicted octanol–water partition coefficient (Wildman–Crippen LogP) is 2.19. The zero-order chi connectivity index (χ0) is 13.5. The zero-order valence-corrected chi connectivity index (χ0v) is 12.5. The number of hydrogen-bond acceptors (Lipinski definition) is 2. The Kier molecular flexibility index (Phi) is 5.53. The van der Waals surface area contributed by atoms with Crippen LogP contribution in [0.5, 0.6) is 0 Å². The third kappa shape index (κ3) is 4.43. The van der Waals surface area contributed by atoms with Gasteiger partial charge < -0.3 is 4.90 Å². The number of rotatable bonds is 6. The quantitative estimate of drug-likeness (QED) is 0.811. The van der Waals surface area contributed by atoms with E-state index in [2.05, 4.69) is 84.7 Å². The molecular weight excluding hydrogens is 251 g/mol. The summed E-state index contributed by atoms with van der Waals surface area (Å²) in [6.45, 7) is 2.06. The van der Waals surface area contributed by atoms with Gasteiger partial charge in [-0.05, 0) is 24.7 Å². The molecule has 2 aromatic carbocycles. The van der Waals surface area contributed by atoms with E-state index in [1.807, 2.05) is 0 Å². The summed E-state index contributed by atoms with van der Waals surface area (Å²) in [5, 5.41) is 6.46. The minimum absolute atomic E-state index is 0.458. The maximum absolute atomic E-state index is 3.71. The molecule has 0 fully saturated rings. The highest BCUT2D eigenvalue weighted by Crippen LogP contribution is 2.27. The summed E-state index contributed by atoms with van der Waals surface area (Å²) in [4.78, 5) is 2.20. The molecule has 0 saturated heterocycles. The van der Waals surface area contributed by atoms with Gasteiger partial charge in [0.25, 0.3) is 0 Å². The van der Waals surface area contributed by atoms with Crippen LogP contribution < -0.4 is 15.7 Å². The number of likely N-dealkylation sites (N-methyl/N-ethyl adjacent to an activating group) is 1. The van der Waals surface area contributed by atoms with Gasteiger partial charge in [0.1, 0.15) is 0 Å². The second-order valence-electron chi connectivity index (χ2n) is 4.72. The normalized spacial score (nSPS) is 11.2. The van der Waals surface area contributed by atoms with Gasteiger partial charge in [0.05, 0.1) is 0 Å². The fourth-order valence-corrected chi connectivity index (χ4v) is 3.80. The molecule has 0 radical (unpaired) electrons. The maximum Gasteiger partial charge on any atom is 0.0253 e. The molecule has 0 spiro atoms. The minimum Gasteiger partial charge on any atom is -0.308 e. The SMILES string of the molecule is CN(C)CCNP(c1ccccc1)c1ccccc1. The molecule has 3 heteroatoms. The molecule has 0 atom stereocenters. The predicted molar refractivity (Wildman–Crippen MR) is 85.6 cm³/mol. The van der Waals surface area contributed by atoms with Crippen molar-refractivity contribution in [2.75, 3.05) is 27.2 Å². The lowest BCUT2D eigenvalue weighted by Gasteiger charge is -2.21. The lowest BCUT2D eigenvalue weighted by Crippen LogP contribution is -2.29. The van der Waals surface area contributed by atoms with Gasteiger partial charge >= 0.3 is 0 Å². The molecule has 0 aliphatic heterocycles. The molecule has 0 saturated carbocycles. The van der Waals surface area contributed by atoms with E-state index in [4.69, 9.17) is 0 Å². The van der Waals surface area contributed by atoms with Gasteiger partial charge in [-0.25, -0.2) is 0 Å². The van der Waals surface area contributed by atoms with Crippen molar-refractivity contribution >= 4 is 18.7 Å². The van der Waals surface area contributed by atoms with Crippen molar-refractivity contribution in [2.24, 2.45) is 0 Å². The topological polar surface area (TPSA) is 15.3 Å². The Hall–Kier alpha value is -1.21. The standard InChI is InChI=1S/C16H21N2P/c1-18(2)14-13-17-19(15-9-5-3-6-10-15)16-11-7-4-8-12-16/h3-12,17H,13-14H2,1-2H3. The molecule has 0 aliphatic rings. The van der Waals surface area contributed by atoms with Crippen molar-refractivity contribution in [3.63, 3.8) is 0 Å². The van der Waals surface area contributed by atoms with Crippen molar-refractivity contribution in [3.05, 3.63) is 60.7 Å². The summed E-state index contributed by atoms with van der Waals surface area (Å²) >= 11 is 0. The molecular formula is C16H21N2P. The Morgan fingerprint density at radius 1 is 0.842 bits per heavy atom. The zero-order valence-electron chi connectivity index (χ0n) is 11.6. The van der Waals surface area contributed by atoms with Crippen LogP contribution in [0.3, 0.4) is 0 Å². The summed E-state index contributed by atoms with van der Waals surface area (Å²) in [7, 11) is 3.75. The average molecular weight is 272 g/mol. The van der Waals surface area contributed by atoms with Crippen molar-refractivity contribution in [2.45, 2.75) is 0 Å². The average Bonchev–Trinajstić information content (AvgIpc) is 2.45. The van der Waals surface area contributed by atoms with Gasteiger partial charge in [0.2, 0.25) is 0 Å². The molecule has 0 aromatic heterocycles. The monoisotopic (exact) mass is 272 g/mol. The van der Waals surface area contributed by atoms with Gasteiger partial charge in [-0.3, -0.25) is 5.09 Å². The van der Waals surface area contributed by atoms with E-state index < -0.39 is 8.07 Å². The van der Waals surface area contributed by atoms with Crippen LogP contribution in [0.4, 0.5) is 0 Å². The smallest absolute Gasteiger partial charge is 0.0253 e. The first kappa shape index (κ1) is 14.2. The lowest BCUT2D eigenvalue weighted by molar-refractivity contribution is 0.415. The van der Waals surface area contributed by atoms with Crippen LogP contribution in [-0.2, 0) is 0 Å². The first-order valence-electron chi connectivity index (χ1n) is 6.56. The Morgan fingerprint density at radius 2 is 1.32 bits per heavy atom. The molecule has 2 aromatic rings. The Bertz CT molecular complexity index is 431. The molecule has 2 rings (SSSR count). The number of hydrogen-bond donors (Lipinski definition) is 1. The van der Waals surface area contributed by atoms with E-state index in [1.165, 1.54) is 10.6 Å². The molecule has 0 bridgehead atoms. The summed E-state index contributed by atoms with van der Waals surface area (Å²) in [6, 6.07) is 21.4. The fraction of sp³-hybridized carbons (Fsp3) is 0.250. The summed E-state index contributed by atoms with van der Waals surface area (Å²) in [6.07, 6.45) is 0. The van der Waals surface area contributed by atoms with Crippen LogP contribution >= 0.6 is 8.07 Å². The van der Waals surface area contributed by atoms with Gasteiger partial charge in [0, 0.05) is 21.2 Å². The van der Waals surface area contributed by atoms with Crippen LogP contribution in [0.1, 0.15) is 0 Å². The molecule has 100 valence electrons. The molecule has 19 heavy (non-hydrogen) atoms. The van der Waals surface area contributed by atoms with Crippen molar-refractivity contribution in [3.8, 4) is 0 Å². The highest BCUT2D eigenvalue weighted by atomic mass is 31.1. The Labute approximate surface area is 117 Å². The van der Waals surface area contributed by atoms with Crippen molar-refractivity contribution < 1.29 is 0 Å². The van der Waals surface area contributed by atoms with E-state index in [9.17, 15) is 0 Å². The van der Waals surface area contributed by atoms with Crippen LogP contribution in [0.25, 0.3) is 0 Å². The van der Waals surface area contributed by atoms with Crippen LogP contribution in [0, 0.1) is 0 Å². The second-order valence-corrected chi connectivity index (χ2v) is 6.74. The Morgan fingerprint density at radius 3 is 1.74 bits per heavy atom. The largest absolute Gasteiger partial charge is 0.308 e. The third-order valence-electron chi connectivity index (χ3n) is 2.86. The minimum atomic E-state index is -0.458. The van der Waals surface area contributed by atoms with Crippen LogP contribution in [-0.4, -0.2) is 32.1 Å². The summed E-state index contributed by atoms with van der Waals surface area (Å²) in [5.74, 6) is 0. The van der Waals surface area contributed by atoms with Gasteiger partial charge in [-0.2, -0.15) is 0 Å². The molecule has 2 nitrogen and oxygen atoms in total. The van der Waals surface area contributed by atoms with Crippen molar-refractivity contribution in [1.29, 1.82) is 0 Å². The van der Waals surface area contributed by atoms with E-state index >= 15 is 0 Å². The third-order valence-corrected chi connectivity index (χ3v) is 5.03. The van der Waals surface area contributed by atoms with Crippen LogP contribution in [0.15, 0.2) is 60.7 Å². The first-order valence-corrected chi connectivity index (χ1v) is 7.90. The number of nitrogens with zero attached hydrogens (tertiary/aromatic N) is 1. The Balaban J connectivity index is 2.14. The lowest BCUT2D eigenvalue weighted by atomic mass is 10.4. The van der Waals surface area contributed by atoms with Gasteiger partial charge in [-0.15, -0.1) is 0 Å². The molecule has 1 N–H and O–H groups in total. The van der Waals surface area contributed by atoms with Gasteiger partial charge in [0.15, 0.2) is 0 Å². The molecule has 0 amide bonds. The highest BCUT2D eigenvalue weighted by molar-refractivity contribution is 7.71. The number of nitrogens with one attached hydrogen (secondary N) is 1. The van der Waals surface area contributed by atoms with E-state index in [0.717, 1.165) is 13.1 Å². The summed E-state index contributed by atoms with van der Waals surface area (Å²) in [5.41, 5.74) is 0. The van der Waals surface area contributed by atoms with E-state index in [-0.39, 0.29) is 0 Å². The van der Waals surface area contributed by atoms with Gasteiger partial charge in [-0.1, -0.05) is 60.7 Å². The molecule has 0 aliphatic carbocycles. The fourth-order valence-electron chi connectivity index (χ4n) is 1.87. The first-order chi connectivity index (χ1) is 9.27.